The summed E-state index contributed by atoms with van der Waals surface area (Å²) >= 11 is 1.11. The van der Waals surface area contributed by atoms with Crippen LogP contribution in [-0.4, -0.2) is 49.2 Å². The van der Waals surface area contributed by atoms with Gasteiger partial charge < -0.3 is 29.2 Å². The molecule has 8 nitrogen and oxygen atoms in total. The molecule has 2 aromatic carbocycles. The molecule has 0 saturated carbocycles. The quantitative estimate of drug-likeness (QED) is 0.581. The van der Waals surface area contributed by atoms with Gasteiger partial charge in [0.25, 0.3) is 0 Å². The van der Waals surface area contributed by atoms with Crippen LogP contribution in [-0.2, 0) is 9.53 Å². The maximum Gasteiger partial charge on any atom is 0.344 e. The van der Waals surface area contributed by atoms with E-state index in [0.717, 1.165) is 11.8 Å². The molecule has 0 radical (unpaired) electrons. The van der Waals surface area contributed by atoms with Crippen molar-refractivity contribution < 1.29 is 34.0 Å². The van der Waals surface area contributed by atoms with Gasteiger partial charge in [-0.25, -0.2) is 9.79 Å². The highest BCUT2D eigenvalue weighted by Gasteiger charge is 2.33. The van der Waals surface area contributed by atoms with Gasteiger partial charge in [-0.1, -0.05) is 17.8 Å². The van der Waals surface area contributed by atoms with Crippen LogP contribution in [0.2, 0.25) is 0 Å². The number of carbonyl (C=O) groups excluding carboxylic acids is 1. The number of aromatic hydroxyl groups is 1. The zero-order valence-corrected chi connectivity index (χ0v) is 18.9. The predicted octanol–water partition coefficient (Wildman–Crippen LogP) is 4.61. The molecule has 2 N–H and O–H groups in total. The number of benzene rings is 2. The van der Waals surface area contributed by atoms with Crippen molar-refractivity contribution in [3.63, 3.8) is 0 Å². The molecule has 0 atom stereocenters. The van der Waals surface area contributed by atoms with E-state index in [1.165, 1.54) is 27.4 Å². The van der Waals surface area contributed by atoms with Crippen molar-refractivity contribution in [2.45, 2.75) is 6.92 Å². The number of aliphatic imine (C=N–C) groups is 1. The number of esters is 1. The van der Waals surface area contributed by atoms with E-state index in [2.05, 4.69) is 4.99 Å². The zero-order chi connectivity index (χ0) is 23.3. The Morgan fingerprint density at radius 3 is 2.31 bits per heavy atom. The van der Waals surface area contributed by atoms with E-state index in [4.69, 9.17) is 18.9 Å². The molecule has 0 amide bonds. The molecule has 0 saturated heterocycles. The number of aliphatic hydroxyl groups is 1. The molecule has 0 aliphatic carbocycles. The van der Waals surface area contributed by atoms with Gasteiger partial charge >= 0.3 is 5.97 Å². The average Bonchev–Trinajstić information content (AvgIpc) is 3.08. The Morgan fingerprint density at radius 1 is 1.00 bits per heavy atom. The Hall–Kier alpha value is -3.59. The maximum absolute atomic E-state index is 12.6. The third-order valence-corrected chi connectivity index (χ3v) is 5.49. The summed E-state index contributed by atoms with van der Waals surface area (Å²) < 4.78 is 20.7. The fraction of sp³-hybridized carbons (Fsp3) is 0.217. The highest BCUT2D eigenvalue weighted by molar-refractivity contribution is 8.18. The van der Waals surface area contributed by atoms with Gasteiger partial charge in [0.1, 0.15) is 16.4 Å². The van der Waals surface area contributed by atoms with Gasteiger partial charge in [-0.15, -0.1) is 0 Å². The summed E-state index contributed by atoms with van der Waals surface area (Å²) in [5.74, 6) is 0.375. The smallest absolute Gasteiger partial charge is 0.344 e. The van der Waals surface area contributed by atoms with Crippen molar-refractivity contribution in [3.05, 3.63) is 58.2 Å². The van der Waals surface area contributed by atoms with Crippen molar-refractivity contribution in [2.75, 3.05) is 27.9 Å². The van der Waals surface area contributed by atoms with Gasteiger partial charge in [-0.05, 0) is 42.8 Å². The summed E-state index contributed by atoms with van der Waals surface area (Å²) in [5, 5.41) is 21.1. The van der Waals surface area contributed by atoms with Crippen LogP contribution in [0.1, 0.15) is 12.5 Å². The first kappa shape index (κ1) is 23.1. The van der Waals surface area contributed by atoms with Gasteiger partial charge in [0.2, 0.25) is 0 Å². The van der Waals surface area contributed by atoms with Crippen LogP contribution in [0.3, 0.4) is 0 Å². The summed E-state index contributed by atoms with van der Waals surface area (Å²) in [6.07, 6.45) is 1.63. The van der Waals surface area contributed by atoms with Crippen LogP contribution in [0.15, 0.2) is 57.6 Å². The van der Waals surface area contributed by atoms with Gasteiger partial charge in [0.05, 0.1) is 38.5 Å². The Morgan fingerprint density at radius 2 is 1.69 bits per heavy atom. The highest BCUT2D eigenvalue weighted by atomic mass is 32.2. The molecule has 1 aliphatic heterocycles. The molecule has 2 aromatic rings. The van der Waals surface area contributed by atoms with E-state index in [1.54, 1.807) is 43.3 Å². The van der Waals surface area contributed by atoms with Gasteiger partial charge in [0.15, 0.2) is 23.0 Å². The van der Waals surface area contributed by atoms with E-state index >= 15 is 0 Å². The lowest BCUT2D eigenvalue weighted by Gasteiger charge is -2.08. The van der Waals surface area contributed by atoms with Crippen LogP contribution in [0, 0.1) is 0 Å². The number of thioether (sulfide) groups is 1. The number of rotatable bonds is 7. The van der Waals surface area contributed by atoms with Crippen LogP contribution in [0.25, 0.3) is 6.08 Å². The molecule has 0 fully saturated rings. The molecular weight excluding hydrogens is 434 g/mol. The molecular formula is C23H23NO7S. The maximum atomic E-state index is 12.6. The number of aliphatic hydroxyl groups excluding tert-OH is 1. The lowest BCUT2D eigenvalue weighted by molar-refractivity contribution is -0.138. The fourth-order valence-corrected chi connectivity index (χ4v) is 3.99. The van der Waals surface area contributed by atoms with Crippen molar-refractivity contribution >= 4 is 34.5 Å². The summed E-state index contributed by atoms with van der Waals surface area (Å²) in [5.41, 5.74) is 1.08. The SMILES string of the molecule is CCOC(=O)C1=C(O)C(=Cc2ccc(OC)c(O)c2)SC1=Nc1ccc(OC)c(OC)c1. The number of phenols is 1. The van der Waals surface area contributed by atoms with Gasteiger partial charge in [0, 0.05) is 6.07 Å². The molecule has 3 rings (SSSR count). The van der Waals surface area contributed by atoms with E-state index in [9.17, 15) is 15.0 Å². The Bertz CT molecular complexity index is 1120. The minimum absolute atomic E-state index is 0.0318. The molecule has 0 bridgehead atoms. The lowest BCUT2D eigenvalue weighted by Crippen LogP contribution is -2.12. The van der Waals surface area contributed by atoms with E-state index in [1.807, 2.05) is 0 Å². The monoisotopic (exact) mass is 457 g/mol. The molecule has 9 heteroatoms. The third-order valence-electron chi connectivity index (χ3n) is 4.47. The van der Waals surface area contributed by atoms with E-state index < -0.39 is 5.97 Å². The molecule has 1 aliphatic rings. The molecule has 168 valence electrons. The van der Waals surface area contributed by atoms with Crippen molar-refractivity contribution in [3.8, 4) is 23.0 Å². The van der Waals surface area contributed by atoms with Crippen molar-refractivity contribution in [2.24, 2.45) is 4.99 Å². The second-order valence-electron chi connectivity index (χ2n) is 6.44. The van der Waals surface area contributed by atoms with Crippen molar-refractivity contribution in [1.82, 2.24) is 0 Å². The fourth-order valence-electron chi connectivity index (χ4n) is 2.95. The summed E-state index contributed by atoms with van der Waals surface area (Å²) in [6, 6.07) is 9.88. The Labute approximate surface area is 189 Å². The average molecular weight is 458 g/mol. The number of hydrogen-bond donors (Lipinski definition) is 2. The molecule has 32 heavy (non-hydrogen) atoms. The molecule has 0 spiro atoms. The van der Waals surface area contributed by atoms with Crippen LogP contribution in [0.5, 0.6) is 23.0 Å². The number of nitrogens with zero attached hydrogens (tertiary/aromatic N) is 1. The highest BCUT2D eigenvalue weighted by Crippen LogP contribution is 2.41. The van der Waals surface area contributed by atoms with Gasteiger partial charge in [-0.2, -0.15) is 0 Å². The Kier molecular flexibility index (Phi) is 7.32. The first-order chi connectivity index (χ1) is 15.4. The van der Waals surface area contributed by atoms with Crippen LogP contribution in [0.4, 0.5) is 5.69 Å². The van der Waals surface area contributed by atoms with Crippen LogP contribution < -0.4 is 14.2 Å². The molecule has 0 unspecified atom stereocenters. The summed E-state index contributed by atoms with van der Waals surface area (Å²) in [4.78, 5) is 17.5. The number of phenolic OH excluding ortho intramolecular Hbond substituents is 1. The summed E-state index contributed by atoms with van der Waals surface area (Å²) in [6.45, 7) is 1.83. The number of ether oxygens (including phenoxy) is 4. The minimum atomic E-state index is -0.683. The second-order valence-corrected chi connectivity index (χ2v) is 7.47. The lowest BCUT2D eigenvalue weighted by atomic mass is 10.1. The molecule has 1 heterocycles. The first-order valence-electron chi connectivity index (χ1n) is 9.60. The standard InChI is InChI=1S/C23H23NO7S/c1-5-31-23(27)20-21(26)19(11-13-6-8-16(28-2)15(25)10-13)32-22(20)24-14-7-9-17(29-3)18(12-14)30-4/h6-12,25-26H,5H2,1-4H3. The normalized spacial score (nSPS) is 15.9. The summed E-state index contributed by atoms with van der Waals surface area (Å²) in [7, 11) is 4.50. The number of carbonyl (C=O) groups is 1. The van der Waals surface area contributed by atoms with E-state index in [-0.39, 0.29) is 28.7 Å². The second kappa shape index (κ2) is 10.1. The van der Waals surface area contributed by atoms with Crippen molar-refractivity contribution in [1.29, 1.82) is 0 Å². The minimum Gasteiger partial charge on any atom is -0.506 e. The van der Waals surface area contributed by atoms with Gasteiger partial charge in [-0.3, -0.25) is 0 Å². The van der Waals surface area contributed by atoms with E-state index in [0.29, 0.717) is 33.4 Å². The Balaban J connectivity index is 2.04. The largest absolute Gasteiger partial charge is 0.506 e. The predicted molar refractivity (Wildman–Crippen MR) is 123 cm³/mol. The topological polar surface area (TPSA) is 107 Å². The zero-order valence-electron chi connectivity index (χ0n) is 18.0. The number of hydrogen-bond acceptors (Lipinski definition) is 9. The first-order valence-corrected chi connectivity index (χ1v) is 10.4. The third kappa shape index (κ3) is 4.83. The number of methoxy groups -OCH3 is 3. The molecule has 0 aromatic heterocycles. The van der Waals surface area contributed by atoms with Crippen LogP contribution >= 0.6 is 11.8 Å².